The molecule has 0 saturated heterocycles. The van der Waals surface area contributed by atoms with Gasteiger partial charge in [-0.3, -0.25) is 0 Å². The van der Waals surface area contributed by atoms with Crippen molar-refractivity contribution in [3.05, 3.63) is 20.8 Å². The van der Waals surface area contributed by atoms with Crippen molar-refractivity contribution in [2.24, 2.45) is 0 Å². The molecule has 1 N–H and O–H groups in total. The van der Waals surface area contributed by atoms with Gasteiger partial charge in [-0.05, 0) is 35.1 Å². The Morgan fingerprint density at radius 2 is 2.25 bits per heavy atom. The average molecular weight is 270 g/mol. The number of rotatable bonds is 3. The summed E-state index contributed by atoms with van der Waals surface area (Å²) in [6.07, 6.45) is 0. The topological polar surface area (TPSA) is 46.2 Å². The molecule has 0 unspecified atom stereocenters. The van der Waals surface area contributed by atoms with Gasteiger partial charge in [-0.1, -0.05) is 0 Å². The normalized spacial score (nSPS) is 11.8. The molecule has 0 aliphatic heterocycles. The van der Waals surface area contributed by atoms with E-state index < -0.39 is 10.0 Å². The SMILES string of the molecule is CNS(=O)(=O)Cc1ccc(Br)s1. The van der Waals surface area contributed by atoms with Crippen molar-refractivity contribution < 1.29 is 8.42 Å². The summed E-state index contributed by atoms with van der Waals surface area (Å²) >= 11 is 4.69. The molecule has 0 fully saturated rings. The smallest absolute Gasteiger partial charge is 0.216 e. The highest BCUT2D eigenvalue weighted by Crippen LogP contribution is 2.23. The standard InChI is InChI=1S/C6H8BrNO2S2/c1-8-12(9,10)4-5-2-3-6(7)11-5/h2-3,8H,4H2,1H3. The molecule has 0 aromatic carbocycles. The third-order valence-corrected chi connectivity index (χ3v) is 4.39. The Labute approximate surface area is 84.0 Å². The molecule has 0 amide bonds. The number of halogens is 1. The maximum absolute atomic E-state index is 11.1. The Balaban J connectivity index is 2.77. The molecule has 1 rings (SSSR count). The second-order valence-corrected chi connectivity index (χ2v) is 6.64. The van der Waals surface area contributed by atoms with Gasteiger partial charge >= 0.3 is 0 Å². The van der Waals surface area contributed by atoms with Crippen LogP contribution in [0, 0.1) is 0 Å². The van der Waals surface area contributed by atoms with Crippen LogP contribution in [0.5, 0.6) is 0 Å². The molecule has 3 nitrogen and oxygen atoms in total. The molecule has 0 radical (unpaired) electrons. The fourth-order valence-electron chi connectivity index (χ4n) is 0.689. The molecule has 6 heteroatoms. The summed E-state index contributed by atoms with van der Waals surface area (Å²) in [6, 6.07) is 3.63. The number of hydrogen-bond donors (Lipinski definition) is 1. The number of nitrogens with one attached hydrogen (secondary N) is 1. The Morgan fingerprint density at radius 1 is 1.58 bits per heavy atom. The molecule has 0 aliphatic carbocycles. The molecule has 0 spiro atoms. The van der Waals surface area contributed by atoms with Gasteiger partial charge < -0.3 is 0 Å². The maximum Gasteiger partial charge on any atom is 0.216 e. The number of thiophene rings is 1. The number of hydrogen-bond acceptors (Lipinski definition) is 3. The summed E-state index contributed by atoms with van der Waals surface area (Å²) in [5.74, 6) is 0.0553. The lowest BCUT2D eigenvalue weighted by Gasteiger charge is -1.97. The van der Waals surface area contributed by atoms with Crippen LogP contribution in [0.4, 0.5) is 0 Å². The van der Waals surface area contributed by atoms with Gasteiger partial charge in [0.25, 0.3) is 0 Å². The third-order valence-electron chi connectivity index (χ3n) is 1.27. The molecule has 0 bridgehead atoms. The second kappa shape index (κ2) is 3.87. The minimum absolute atomic E-state index is 0.0553. The molecular formula is C6H8BrNO2S2. The molecule has 0 aliphatic rings. The first-order valence-electron chi connectivity index (χ1n) is 3.19. The summed E-state index contributed by atoms with van der Waals surface area (Å²) in [4.78, 5) is 0.830. The third kappa shape index (κ3) is 2.85. The first-order chi connectivity index (χ1) is 5.53. The molecule has 1 aromatic rings. The van der Waals surface area contributed by atoms with E-state index in [1.165, 1.54) is 18.4 Å². The minimum Gasteiger partial charge on any atom is -0.218 e. The van der Waals surface area contributed by atoms with E-state index in [0.717, 1.165) is 8.66 Å². The van der Waals surface area contributed by atoms with Gasteiger partial charge in [0.2, 0.25) is 10.0 Å². The highest BCUT2D eigenvalue weighted by molar-refractivity contribution is 9.11. The van der Waals surface area contributed by atoms with E-state index in [2.05, 4.69) is 20.7 Å². The van der Waals surface area contributed by atoms with Crippen molar-refractivity contribution >= 4 is 37.3 Å². The lowest BCUT2D eigenvalue weighted by molar-refractivity contribution is 0.588. The van der Waals surface area contributed by atoms with Crippen LogP contribution < -0.4 is 4.72 Å². The quantitative estimate of drug-likeness (QED) is 0.906. The van der Waals surface area contributed by atoms with Crippen LogP contribution in [0.1, 0.15) is 4.88 Å². The van der Waals surface area contributed by atoms with Gasteiger partial charge in [0.05, 0.1) is 9.54 Å². The van der Waals surface area contributed by atoms with E-state index in [-0.39, 0.29) is 5.75 Å². The zero-order chi connectivity index (χ0) is 9.19. The van der Waals surface area contributed by atoms with Crippen LogP contribution in [0.25, 0.3) is 0 Å². The maximum atomic E-state index is 11.1. The molecule has 68 valence electrons. The van der Waals surface area contributed by atoms with Crippen LogP contribution >= 0.6 is 27.3 Å². The average Bonchev–Trinajstić information content (AvgIpc) is 2.35. The molecule has 1 heterocycles. The van der Waals surface area contributed by atoms with E-state index >= 15 is 0 Å². The van der Waals surface area contributed by atoms with E-state index in [9.17, 15) is 8.42 Å². The predicted molar refractivity (Wildman–Crippen MR) is 53.7 cm³/mol. The van der Waals surface area contributed by atoms with Crippen LogP contribution in [0.15, 0.2) is 15.9 Å². The fourth-order valence-corrected chi connectivity index (χ4v) is 3.28. The van der Waals surface area contributed by atoms with Gasteiger partial charge in [0.1, 0.15) is 0 Å². The van der Waals surface area contributed by atoms with Gasteiger partial charge in [0.15, 0.2) is 0 Å². The fraction of sp³-hybridized carbons (Fsp3) is 0.333. The Bertz CT molecular complexity index is 357. The Kier molecular flexibility index (Phi) is 3.28. The van der Waals surface area contributed by atoms with Crippen molar-refractivity contribution in [1.82, 2.24) is 4.72 Å². The summed E-state index contributed by atoms with van der Waals surface area (Å²) in [6.45, 7) is 0. The van der Waals surface area contributed by atoms with Crippen LogP contribution in [-0.4, -0.2) is 15.5 Å². The zero-order valence-electron chi connectivity index (χ0n) is 6.37. The lowest BCUT2D eigenvalue weighted by atomic mass is 10.5. The summed E-state index contributed by atoms with van der Waals surface area (Å²) in [5.41, 5.74) is 0. The highest BCUT2D eigenvalue weighted by Gasteiger charge is 2.09. The molecule has 12 heavy (non-hydrogen) atoms. The molecule has 0 atom stereocenters. The van der Waals surface area contributed by atoms with Gasteiger partial charge in [-0.15, -0.1) is 11.3 Å². The Morgan fingerprint density at radius 3 is 2.67 bits per heavy atom. The van der Waals surface area contributed by atoms with E-state index in [1.54, 1.807) is 6.07 Å². The summed E-state index contributed by atoms with van der Waals surface area (Å²) < 4.78 is 25.3. The van der Waals surface area contributed by atoms with Crippen molar-refractivity contribution in [3.63, 3.8) is 0 Å². The molecule has 0 saturated carbocycles. The first kappa shape index (κ1) is 10.2. The zero-order valence-corrected chi connectivity index (χ0v) is 9.59. The van der Waals surface area contributed by atoms with Crippen LogP contribution in [-0.2, 0) is 15.8 Å². The first-order valence-corrected chi connectivity index (χ1v) is 6.45. The lowest BCUT2D eigenvalue weighted by Crippen LogP contribution is -2.19. The monoisotopic (exact) mass is 269 g/mol. The predicted octanol–water partition coefficient (Wildman–Crippen LogP) is 1.56. The van der Waals surface area contributed by atoms with Gasteiger partial charge in [0, 0.05) is 4.88 Å². The van der Waals surface area contributed by atoms with E-state index in [4.69, 9.17) is 0 Å². The molecule has 1 aromatic heterocycles. The Hall–Kier alpha value is 0.0900. The van der Waals surface area contributed by atoms with Crippen molar-refractivity contribution in [3.8, 4) is 0 Å². The van der Waals surface area contributed by atoms with Crippen molar-refractivity contribution in [2.45, 2.75) is 5.75 Å². The largest absolute Gasteiger partial charge is 0.218 e. The van der Waals surface area contributed by atoms with E-state index in [1.807, 2.05) is 6.07 Å². The van der Waals surface area contributed by atoms with Crippen LogP contribution in [0.3, 0.4) is 0 Å². The van der Waals surface area contributed by atoms with E-state index in [0.29, 0.717) is 0 Å². The second-order valence-electron chi connectivity index (χ2n) is 2.17. The van der Waals surface area contributed by atoms with Gasteiger partial charge in [-0.2, -0.15) is 0 Å². The van der Waals surface area contributed by atoms with Crippen molar-refractivity contribution in [1.29, 1.82) is 0 Å². The molecular weight excluding hydrogens is 262 g/mol. The van der Waals surface area contributed by atoms with Gasteiger partial charge in [-0.25, -0.2) is 13.1 Å². The summed E-state index contributed by atoms with van der Waals surface area (Å²) in [7, 11) is -1.70. The minimum atomic E-state index is -3.12. The van der Waals surface area contributed by atoms with Crippen LogP contribution in [0.2, 0.25) is 0 Å². The number of sulfonamides is 1. The highest BCUT2D eigenvalue weighted by atomic mass is 79.9. The van der Waals surface area contributed by atoms with Crippen molar-refractivity contribution in [2.75, 3.05) is 7.05 Å². The summed E-state index contributed by atoms with van der Waals surface area (Å²) in [5, 5.41) is 0.